The average Bonchev–Trinajstić information content (AvgIpc) is 3.36. The Morgan fingerprint density at radius 3 is 2.38 bits per heavy atom. The number of carbonyl (C=O) groups is 3. The predicted octanol–water partition coefficient (Wildman–Crippen LogP) is 0.547. The number of likely N-dealkylation sites (N-methyl/N-ethyl adjacent to an activating group) is 1. The van der Waals surface area contributed by atoms with Crippen molar-refractivity contribution in [2.75, 3.05) is 51.7 Å². The van der Waals surface area contributed by atoms with Crippen LogP contribution in [0.5, 0.6) is 0 Å². The second-order valence-corrected chi connectivity index (χ2v) is 8.93. The van der Waals surface area contributed by atoms with E-state index in [4.69, 9.17) is 9.90 Å². The fourth-order valence-corrected chi connectivity index (χ4v) is 5.55. The Bertz CT molecular complexity index is 799. The van der Waals surface area contributed by atoms with Gasteiger partial charge in [0.1, 0.15) is 0 Å². The number of piperazine rings is 1. The molecule has 10 heteroatoms. The molecule has 32 heavy (non-hydrogen) atoms. The van der Waals surface area contributed by atoms with Crippen LogP contribution in [0.15, 0.2) is 18.5 Å². The zero-order valence-electron chi connectivity index (χ0n) is 19.2. The zero-order chi connectivity index (χ0) is 23.3. The number of hydrogen-bond acceptors (Lipinski definition) is 7. The Balaban J connectivity index is 0.000000913. The summed E-state index contributed by atoms with van der Waals surface area (Å²) in [6.45, 7) is 5.13. The van der Waals surface area contributed by atoms with Gasteiger partial charge in [-0.05, 0) is 45.8 Å². The lowest BCUT2D eigenvalue weighted by molar-refractivity contribution is -0.146. The third-order valence-corrected chi connectivity index (χ3v) is 6.94. The molecule has 2 bridgehead atoms. The van der Waals surface area contributed by atoms with Crippen LogP contribution in [0.4, 0.5) is 5.95 Å². The first-order valence-corrected chi connectivity index (χ1v) is 11.2. The molecular formula is C22H34N6O4. The molecule has 1 aromatic heterocycles. The predicted molar refractivity (Wildman–Crippen MR) is 119 cm³/mol. The Hall–Kier alpha value is -2.75. The molecule has 10 nitrogen and oxygen atoms in total. The van der Waals surface area contributed by atoms with Gasteiger partial charge in [-0.25, -0.2) is 9.97 Å². The van der Waals surface area contributed by atoms with Crippen LogP contribution in [-0.2, 0) is 14.4 Å². The summed E-state index contributed by atoms with van der Waals surface area (Å²) in [7, 11) is 3.84. The van der Waals surface area contributed by atoms with Gasteiger partial charge in [0.2, 0.25) is 17.8 Å². The van der Waals surface area contributed by atoms with Gasteiger partial charge in [-0.2, -0.15) is 0 Å². The summed E-state index contributed by atoms with van der Waals surface area (Å²) >= 11 is 0. The second-order valence-electron chi connectivity index (χ2n) is 8.93. The number of rotatable bonds is 5. The van der Waals surface area contributed by atoms with Crippen LogP contribution >= 0.6 is 0 Å². The highest BCUT2D eigenvalue weighted by Gasteiger charge is 2.61. The molecule has 4 heterocycles. The number of carboxylic acid groups (broad SMARTS) is 1. The van der Waals surface area contributed by atoms with Crippen LogP contribution in [-0.4, -0.2) is 107 Å². The van der Waals surface area contributed by atoms with Gasteiger partial charge in [0.05, 0.1) is 12.0 Å². The molecule has 1 N–H and O–H groups in total. The fourth-order valence-electron chi connectivity index (χ4n) is 5.55. The maximum Gasteiger partial charge on any atom is 0.290 e. The van der Waals surface area contributed by atoms with Gasteiger partial charge in [-0.15, -0.1) is 0 Å². The summed E-state index contributed by atoms with van der Waals surface area (Å²) in [5, 5.41) is 6.89. The molecule has 4 rings (SSSR count). The first-order chi connectivity index (χ1) is 15.4. The standard InChI is InChI=1S/C21H32N6O2.CH2O2/c1-4-21(14-16-6-7-17(21)27(16)18(28)15-24(2)3)19(29)25-10-12-26(13-11-25)20-22-8-5-9-23-20;2-1-3/h5,8-9,16-17H,4,6-7,10-15H2,1-3H3;1H,(H,2,3)/t16-,17+,21+;/m1./s1. The van der Waals surface area contributed by atoms with E-state index < -0.39 is 5.41 Å². The van der Waals surface area contributed by atoms with E-state index in [0.717, 1.165) is 44.7 Å². The van der Waals surface area contributed by atoms with Gasteiger partial charge in [0.15, 0.2) is 0 Å². The number of amides is 2. The summed E-state index contributed by atoms with van der Waals surface area (Å²) in [4.78, 5) is 51.7. The van der Waals surface area contributed by atoms with Crippen molar-refractivity contribution >= 4 is 24.2 Å². The van der Waals surface area contributed by atoms with Crippen LogP contribution < -0.4 is 4.90 Å². The van der Waals surface area contributed by atoms with Gasteiger partial charge >= 0.3 is 0 Å². The largest absolute Gasteiger partial charge is 0.483 e. The Morgan fingerprint density at radius 2 is 1.81 bits per heavy atom. The quantitative estimate of drug-likeness (QED) is 0.653. The molecule has 3 aliphatic heterocycles. The van der Waals surface area contributed by atoms with E-state index in [-0.39, 0.29) is 30.4 Å². The summed E-state index contributed by atoms with van der Waals surface area (Å²) < 4.78 is 0. The molecule has 0 saturated carbocycles. The molecule has 0 radical (unpaired) electrons. The highest BCUT2D eigenvalue weighted by Crippen LogP contribution is 2.52. The van der Waals surface area contributed by atoms with E-state index in [9.17, 15) is 9.59 Å². The normalized spacial score (nSPS) is 26.7. The van der Waals surface area contributed by atoms with Crippen molar-refractivity contribution in [1.82, 2.24) is 24.7 Å². The fraction of sp³-hybridized carbons (Fsp3) is 0.682. The Morgan fingerprint density at radius 1 is 1.19 bits per heavy atom. The van der Waals surface area contributed by atoms with E-state index in [1.165, 1.54) is 0 Å². The maximum atomic E-state index is 13.7. The van der Waals surface area contributed by atoms with Crippen LogP contribution in [0, 0.1) is 5.41 Å². The first kappa shape index (κ1) is 23.9. The number of aromatic nitrogens is 2. The number of fused-ring (bicyclic) bond motifs is 2. The molecule has 2 amide bonds. The summed E-state index contributed by atoms with van der Waals surface area (Å²) in [5.41, 5.74) is -0.420. The molecule has 1 aromatic rings. The van der Waals surface area contributed by atoms with E-state index in [0.29, 0.717) is 19.6 Å². The lowest BCUT2D eigenvalue weighted by Gasteiger charge is -2.42. The average molecular weight is 447 g/mol. The number of hydrogen-bond donors (Lipinski definition) is 1. The molecule has 3 aliphatic rings. The molecule has 0 aliphatic carbocycles. The van der Waals surface area contributed by atoms with E-state index in [2.05, 4.69) is 26.7 Å². The van der Waals surface area contributed by atoms with Crippen LogP contribution in [0.3, 0.4) is 0 Å². The van der Waals surface area contributed by atoms with Gasteiger partial charge in [0, 0.05) is 50.7 Å². The van der Waals surface area contributed by atoms with Gasteiger partial charge < -0.3 is 24.7 Å². The summed E-state index contributed by atoms with van der Waals surface area (Å²) in [6.07, 6.45) is 7.08. The molecule has 3 atom stereocenters. The van der Waals surface area contributed by atoms with E-state index in [1.807, 2.05) is 30.0 Å². The van der Waals surface area contributed by atoms with Crippen molar-refractivity contribution in [3.63, 3.8) is 0 Å². The molecule has 0 unspecified atom stereocenters. The van der Waals surface area contributed by atoms with E-state index in [1.54, 1.807) is 12.4 Å². The zero-order valence-corrected chi connectivity index (χ0v) is 19.2. The van der Waals surface area contributed by atoms with Crippen molar-refractivity contribution in [3.05, 3.63) is 18.5 Å². The number of anilines is 1. The smallest absolute Gasteiger partial charge is 0.290 e. The number of nitrogens with zero attached hydrogens (tertiary/aromatic N) is 6. The van der Waals surface area contributed by atoms with Crippen molar-refractivity contribution in [1.29, 1.82) is 0 Å². The third-order valence-electron chi connectivity index (χ3n) is 6.94. The third kappa shape index (κ3) is 4.55. The monoisotopic (exact) mass is 446 g/mol. The topological polar surface area (TPSA) is 110 Å². The van der Waals surface area contributed by atoms with Crippen molar-refractivity contribution < 1.29 is 19.5 Å². The Labute approximate surface area is 189 Å². The lowest BCUT2D eigenvalue weighted by Crippen LogP contribution is -2.56. The molecule has 3 saturated heterocycles. The van der Waals surface area contributed by atoms with Crippen LogP contribution in [0.25, 0.3) is 0 Å². The lowest BCUT2D eigenvalue weighted by atomic mass is 9.70. The van der Waals surface area contributed by atoms with Gasteiger partial charge in [0.25, 0.3) is 6.47 Å². The maximum absolute atomic E-state index is 13.7. The minimum Gasteiger partial charge on any atom is -0.483 e. The minimum absolute atomic E-state index is 0.0490. The van der Waals surface area contributed by atoms with Crippen LogP contribution in [0.1, 0.15) is 32.6 Å². The molecule has 3 fully saturated rings. The highest BCUT2D eigenvalue weighted by atomic mass is 16.3. The number of carbonyl (C=O) groups excluding carboxylic acids is 2. The van der Waals surface area contributed by atoms with Crippen molar-refractivity contribution in [3.8, 4) is 0 Å². The molecular weight excluding hydrogens is 412 g/mol. The van der Waals surface area contributed by atoms with Gasteiger partial charge in [-0.1, -0.05) is 6.92 Å². The molecule has 0 aromatic carbocycles. The van der Waals surface area contributed by atoms with Gasteiger partial charge in [-0.3, -0.25) is 14.4 Å². The van der Waals surface area contributed by atoms with Crippen LogP contribution in [0.2, 0.25) is 0 Å². The van der Waals surface area contributed by atoms with Crippen molar-refractivity contribution in [2.24, 2.45) is 5.41 Å². The van der Waals surface area contributed by atoms with Crippen molar-refractivity contribution in [2.45, 2.75) is 44.7 Å². The SMILES string of the molecule is CC[C@]1(C(=O)N2CCN(c3ncccn3)CC2)C[C@H]2CC[C@@H]1N2C(=O)CN(C)C.O=CO. The van der Waals surface area contributed by atoms with E-state index >= 15 is 0 Å². The summed E-state index contributed by atoms with van der Waals surface area (Å²) in [6, 6.07) is 2.08. The first-order valence-electron chi connectivity index (χ1n) is 11.2. The highest BCUT2D eigenvalue weighted by molar-refractivity contribution is 5.87. The minimum atomic E-state index is -0.420. The molecule has 0 spiro atoms. The summed E-state index contributed by atoms with van der Waals surface area (Å²) in [5.74, 6) is 1.13. The molecule has 176 valence electrons. The second kappa shape index (κ2) is 10.2. The Kier molecular flexibility index (Phi) is 7.65.